The maximum atomic E-state index is 13.2. The summed E-state index contributed by atoms with van der Waals surface area (Å²) < 4.78 is 0. The second-order valence-corrected chi connectivity index (χ2v) is 6.65. The van der Waals surface area contributed by atoms with Gasteiger partial charge in [0.1, 0.15) is 0 Å². The van der Waals surface area contributed by atoms with Crippen LogP contribution in [0.4, 0.5) is 5.69 Å². The number of amides is 1. The summed E-state index contributed by atoms with van der Waals surface area (Å²) in [5.74, 6) is -0.0844. The van der Waals surface area contributed by atoms with E-state index in [0.29, 0.717) is 5.69 Å². The monoisotopic (exact) mass is 339 g/mol. The molecule has 5 rings (SSSR count). The van der Waals surface area contributed by atoms with Crippen LogP contribution >= 0.6 is 0 Å². The van der Waals surface area contributed by atoms with Crippen molar-refractivity contribution in [2.45, 2.75) is 19.3 Å². The van der Waals surface area contributed by atoms with Gasteiger partial charge in [-0.25, -0.2) is 0 Å². The van der Waals surface area contributed by atoms with E-state index in [-0.39, 0.29) is 5.91 Å². The molecule has 0 radical (unpaired) electrons. The number of hydrogen-bond donors (Lipinski definition) is 1. The van der Waals surface area contributed by atoms with E-state index in [1.807, 2.05) is 54.6 Å². The molecule has 1 aliphatic rings. The summed E-state index contributed by atoms with van der Waals surface area (Å²) in [5, 5.41) is 4.97. The van der Waals surface area contributed by atoms with Gasteiger partial charge in [0.05, 0.1) is 28.5 Å². The highest BCUT2D eigenvalue weighted by atomic mass is 16.1. The fraction of sp³-hybridized carbons (Fsp3) is 0.136. The third kappa shape index (κ3) is 2.42. The largest absolute Gasteiger partial charge is 0.321 e. The van der Waals surface area contributed by atoms with Crippen molar-refractivity contribution in [2.24, 2.45) is 0 Å². The number of carbonyl (C=O) groups excluding carboxylic acids is 1. The zero-order valence-corrected chi connectivity index (χ0v) is 14.2. The van der Waals surface area contributed by atoms with E-state index in [1.54, 1.807) is 6.20 Å². The minimum Gasteiger partial charge on any atom is -0.321 e. The molecular formula is C22H17N3O. The van der Waals surface area contributed by atoms with Gasteiger partial charge in [0.15, 0.2) is 0 Å². The Labute approximate surface area is 150 Å². The van der Waals surface area contributed by atoms with Gasteiger partial charge in [0, 0.05) is 16.5 Å². The molecule has 4 aromatic rings. The lowest BCUT2D eigenvalue weighted by atomic mass is 10.0. The van der Waals surface area contributed by atoms with Crippen molar-refractivity contribution in [3.05, 3.63) is 77.6 Å². The summed E-state index contributed by atoms with van der Waals surface area (Å²) in [7, 11) is 0. The smallest absolute Gasteiger partial charge is 0.256 e. The molecule has 0 atom stereocenters. The quantitative estimate of drug-likeness (QED) is 0.584. The van der Waals surface area contributed by atoms with Gasteiger partial charge in [-0.3, -0.25) is 14.8 Å². The molecule has 0 aliphatic heterocycles. The fourth-order valence-corrected chi connectivity index (χ4v) is 3.80. The molecule has 0 unspecified atom stereocenters. The van der Waals surface area contributed by atoms with Crippen molar-refractivity contribution < 1.29 is 4.79 Å². The molecule has 1 amide bonds. The van der Waals surface area contributed by atoms with Gasteiger partial charge in [0.2, 0.25) is 0 Å². The summed E-state index contributed by atoms with van der Waals surface area (Å²) in [6.07, 6.45) is 4.62. The first kappa shape index (κ1) is 15.0. The van der Waals surface area contributed by atoms with Crippen molar-refractivity contribution in [1.29, 1.82) is 0 Å². The lowest BCUT2D eigenvalue weighted by Crippen LogP contribution is -2.16. The van der Waals surface area contributed by atoms with Gasteiger partial charge < -0.3 is 5.32 Å². The Morgan fingerprint density at radius 1 is 0.962 bits per heavy atom. The minimum atomic E-state index is -0.0844. The van der Waals surface area contributed by atoms with E-state index in [2.05, 4.69) is 10.3 Å². The highest BCUT2D eigenvalue weighted by molar-refractivity contribution is 6.14. The number of rotatable bonds is 2. The van der Waals surface area contributed by atoms with Gasteiger partial charge in [-0.15, -0.1) is 0 Å². The first-order valence-electron chi connectivity index (χ1n) is 8.86. The number of carbonyl (C=O) groups is 1. The van der Waals surface area contributed by atoms with Gasteiger partial charge >= 0.3 is 0 Å². The second-order valence-electron chi connectivity index (χ2n) is 6.65. The SMILES string of the molecule is O=C(Nc1cnc2ccccc2c1)c1c2c(nc3ccccc13)CCC2. The normalized spacial score (nSPS) is 13.1. The Morgan fingerprint density at radius 3 is 2.69 bits per heavy atom. The summed E-state index contributed by atoms with van der Waals surface area (Å²) >= 11 is 0. The standard InChI is InChI=1S/C22H17N3O/c26-22(24-15-12-14-6-1-3-9-18(14)23-13-15)21-16-7-2-4-10-19(16)25-20-11-5-8-17(20)21/h1-4,6-7,9-10,12-13H,5,8,11H2,(H,24,26). The first-order valence-corrected chi connectivity index (χ1v) is 8.86. The first-order chi connectivity index (χ1) is 12.8. The Bertz CT molecular complexity index is 1170. The molecular weight excluding hydrogens is 322 g/mol. The van der Waals surface area contributed by atoms with Crippen molar-refractivity contribution >= 4 is 33.4 Å². The van der Waals surface area contributed by atoms with E-state index in [9.17, 15) is 4.79 Å². The van der Waals surface area contributed by atoms with Crippen LogP contribution in [0.3, 0.4) is 0 Å². The maximum Gasteiger partial charge on any atom is 0.256 e. The number of benzene rings is 2. The summed E-state index contributed by atoms with van der Waals surface area (Å²) in [5.41, 5.74) is 5.42. The van der Waals surface area contributed by atoms with Crippen LogP contribution < -0.4 is 5.32 Å². The molecule has 1 N–H and O–H groups in total. The molecule has 0 bridgehead atoms. The molecule has 0 fully saturated rings. The van der Waals surface area contributed by atoms with Crippen LogP contribution in [0.2, 0.25) is 0 Å². The van der Waals surface area contributed by atoms with Crippen LogP contribution in [0.15, 0.2) is 60.8 Å². The highest BCUT2D eigenvalue weighted by Gasteiger charge is 2.23. The number of hydrogen-bond acceptors (Lipinski definition) is 3. The summed E-state index contributed by atoms with van der Waals surface area (Å²) in [4.78, 5) is 22.3. The number of fused-ring (bicyclic) bond motifs is 3. The van der Waals surface area contributed by atoms with Gasteiger partial charge in [-0.2, -0.15) is 0 Å². The van der Waals surface area contributed by atoms with E-state index in [1.165, 1.54) is 0 Å². The molecule has 2 aromatic heterocycles. The molecule has 4 nitrogen and oxygen atoms in total. The zero-order valence-electron chi connectivity index (χ0n) is 14.2. The second kappa shape index (κ2) is 5.92. The highest BCUT2D eigenvalue weighted by Crippen LogP contribution is 2.30. The molecule has 0 spiro atoms. The number of para-hydroxylation sites is 2. The lowest BCUT2D eigenvalue weighted by molar-refractivity contribution is 0.102. The number of aromatic nitrogens is 2. The molecule has 2 heterocycles. The Balaban J connectivity index is 1.60. The fourth-order valence-electron chi connectivity index (χ4n) is 3.80. The molecule has 126 valence electrons. The predicted molar refractivity (Wildman–Crippen MR) is 103 cm³/mol. The Hall–Kier alpha value is -3.27. The van der Waals surface area contributed by atoms with Crippen molar-refractivity contribution in [3.8, 4) is 0 Å². The van der Waals surface area contributed by atoms with Gasteiger partial charge in [-0.05, 0) is 43.0 Å². The Morgan fingerprint density at radius 2 is 1.77 bits per heavy atom. The molecule has 0 saturated carbocycles. The van der Waals surface area contributed by atoms with E-state index in [4.69, 9.17) is 4.98 Å². The van der Waals surface area contributed by atoms with Gasteiger partial charge in [0.25, 0.3) is 5.91 Å². The van der Waals surface area contributed by atoms with Gasteiger partial charge in [-0.1, -0.05) is 36.4 Å². The van der Waals surface area contributed by atoms with Crippen molar-refractivity contribution in [2.75, 3.05) is 5.32 Å². The molecule has 1 aliphatic carbocycles. The number of nitrogens with zero attached hydrogens (tertiary/aromatic N) is 2. The van der Waals surface area contributed by atoms with E-state index in [0.717, 1.165) is 57.9 Å². The average Bonchev–Trinajstić information content (AvgIpc) is 3.13. The van der Waals surface area contributed by atoms with Crippen LogP contribution in [0.1, 0.15) is 28.0 Å². The molecule has 26 heavy (non-hydrogen) atoms. The number of pyridine rings is 2. The topological polar surface area (TPSA) is 54.9 Å². The van der Waals surface area contributed by atoms with Crippen LogP contribution in [-0.4, -0.2) is 15.9 Å². The zero-order chi connectivity index (χ0) is 17.5. The lowest BCUT2D eigenvalue weighted by Gasteiger charge is -2.13. The van der Waals surface area contributed by atoms with Crippen molar-refractivity contribution in [3.63, 3.8) is 0 Å². The number of aryl methyl sites for hydroxylation is 1. The molecule has 2 aromatic carbocycles. The maximum absolute atomic E-state index is 13.2. The Kier molecular flexibility index (Phi) is 3.42. The van der Waals surface area contributed by atoms with Crippen molar-refractivity contribution in [1.82, 2.24) is 9.97 Å². The summed E-state index contributed by atoms with van der Waals surface area (Å²) in [6.45, 7) is 0. The van der Waals surface area contributed by atoms with Crippen LogP contribution in [0, 0.1) is 0 Å². The third-order valence-corrected chi connectivity index (χ3v) is 4.99. The van der Waals surface area contributed by atoms with E-state index < -0.39 is 0 Å². The number of nitrogens with one attached hydrogen (secondary N) is 1. The predicted octanol–water partition coefficient (Wildman–Crippen LogP) is 4.52. The van der Waals surface area contributed by atoms with Crippen LogP contribution in [-0.2, 0) is 12.8 Å². The third-order valence-electron chi connectivity index (χ3n) is 4.99. The number of anilines is 1. The molecule has 0 saturated heterocycles. The summed E-state index contributed by atoms with van der Waals surface area (Å²) in [6, 6.07) is 17.7. The average molecular weight is 339 g/mol. The molecule has 4 heteroatoms. The van der Waals surface area contributed by atoms with Crippen LogP contribution in [0.5, 0.6) is 0 Å². The van der Waals surface area contributed by atoms with Crippen LogP contribution in [0.25, 0.3) is 21.8 Å². The van der Waals surface area contributed by atoms with E-state index >= 15 is 0 Å². The minimum absolute atomic E-state index is 0.0844.